The maximum absolute atomic E-state index is 14.1. The maximum atomic E-state index is 14.1. The Bertz CT molecular complexity index is 1230. The highest BCUT2D eigenvalue weighted by atomic mass is 19.1. The Morgan fingerprint density at radius 3 is 2.24 bits per heavy atom. The van der Waals surface area contributed by atoms with Crippen LogP contribution < -0.4 is 18.9 Å². The van der Waals surface area contributed by atoms with E-state index in [2.05, 4.69) is 0 Å². The van der Waals surface area contributed by atoms with Gasteiger partial charge in [-0.1, -0.05) is 30.3 Å². The second kappa shape index (κ2) is 10.8. The van der Waals surface area contributed by atoms with E-state index in [1.54, 1.807) is 48.5 Å². The van der Waals surface area contributed by atoms with E-state index in [1.165, 1.54) is 39.5 Å². The largest absolute Gasteiger partial charge is 0.493 e. The normalized spacial score (nSPS) is 10.8. The maximum Gasteiger partial charge on any atom is 0.315 e. The van der Waals surface area contributed by atoms with Crippen molar-refractivity contribution in [3.05, 3.63) is 83.2 Å². The smallest absolute Gasteiger partial charge is 0.315 e. The van der Waals surface area contributed by atoms with Crippen LogP contribution in [-0.4, -0.2) is 27.3 Å². The summed E-state index contributed by atoms with van der Waals surface area (Å²) in [6.45, 7) is 0. The van der Waals surface area contributed by atoms with Gasteiger partial charge in [-0.3, -0.25) is 4.79 Å². The van der Waals surface area contributed by atoms with Gasteiger partial charge in [0.05, 0.1) is 39.4 Å². The van der Waals surface area contributed by atoms with E-state index in [4.69, 9.17) is 18.9 Å². The molecule has 0 saturated heterocycles. The van der Waals surface area contributed by atoms with Crippen LogP contribution in [0.2, 0.25) is 0 Å². The van der Waals surface area contributed by atoms with Crippen LogP contribution in [0.1, 0.15) is 16.7 Å². The zero-order chi connectivity index (χ0) is 23.8. The molecule has 0 bridgehead atoms. The van der Waals surface area contributed by atoms with Crippen molar-refractivity contribution in [1.82, 2.24) is 0 Å². The Kier molecular flexibility index (Phi) is 7.66. The Hall–Kier alpha value is -4.31. The Morgan fingerprint density at radius 2 is 1.58 bits per heavy atom. The summed E-state index contributed by atoms with van der Waals surface area (Å²) in [6, 6.07) is 18.0. The van der Waals surface area contributed by atoms with Gasteiger partial charge in [0.25, 0.3) is 0 Å². The molecule has 3 aromatic rings. The molecular weight excluding hydrogens is 425 g/mol. The van der Waals surface area contributed by atoms with Crippen molar-refractivity contribution in [3.63, 3.8) is 0 Å². The molecule has 3 rings (SSSR count). The summed E-state index contributed by atoms with van der Waals surface area (Å²) in [5.74, 6) is 0.623. The van der Waals surface area contributed by atoms with E-state index in [0.29, 0.717) is 28.4 Å². The van der Waals surface area contributed by atoms with Gasteiger partial charge in [-0.25, -0.2) is 4.39 Å². The predicted octanol–water partition coefficient (Wildman–Crippen LogP) is 5.06. The number of esters is 1. The van der Waals surface area contributed by atoms with Crippen LogP contribution in [0, 0.1) is 17.1 Å². The van der Waals surface area contributed by atoms with Crippen LogP contribution in [0.3, 0.4) is 0 Å². The van der Waals surface area contributed by atoms with Crippen LogP contribution >= 0.6 is 0 Å². The van der Waals surface area contributed by atoms with Crippen molar-refractivity contribution < 1.29 is 28.1 Å². The standard InChI is InChI=1S/C26H22FNO5/c1-30-22-10-8-18(14-24(22)31-2)15-26(29)33-23-11-9-17(13-25(23)32-3)12-19(16-28)20-6-4-5-7-21(20)27/h4-14H,15H2,1-3H3/b19-12-. The van der Waals surface area contributed by atoms with Crippen LogP contribution in [0.15, 0.2) is 60.7 Å². The summed E-state index contributed by atoms with van der Waals surface area (Å²) in [5, 5.41) is 9.47. The summed E-state index contributed by atoms with van der Waals surface area (Å²) in [7, 11) is 4.49. The van der Waals surface area contributed by atoms with E-state index in [0.717, 1.165) is 0 Å². The topological polar surface area (TPSA) is 77.8 Å². The molecule has 0 amide bonds. The van der Waals surface area contributed by atoms with Crippen LogP contribution in [0.4, 0.5) is 4.39 Å². The van der Waals surface area contributed by atoms with Gasteiger partial charge in [0.2, 0.25) is 0 Å². The molecule has 7 heteroatoms. The van der Waals surface area contributed by atoms with E-state index >= 15 is 0 Å². The molecule has 0 aromatic heterocycles. The van der Waals surface area contributed by atoms with Crippen molar-refractivity contribution in [2.75, 3.05) is 21.3 Å². The first-order valence-electron chi connectivity index (χ1n) is 9.95. The van der Waals surface area contributed by atoms with E-state index in [1.807, 2.05) is 6.07 Å². The molecule has 6 nitrogen and oxygen atoms in total. The third kappa shape index (κ3) is 5.69. The number of rotatable bonds is 8. The van der Waals surface area contributed by atoms with Gasteiger partial charge in [0, 0.05) is 5.56 Å². The molecular formula is C26H22FNO5. The number of carbonyl (C=O) groups excluding carboxylic acids is 1. The number of methoxy groups -OCH3 is 3. The highest BCUT2D eigenvalue weighted by Gasteiger charge is 2.14. The molecule has 0 unspecified atom stereocenters. The fourth-order valence-electron chi connectivity index (χ4n) is 3.19. The van der Waals surface area contributed by atoms with Gasteiger partial charge in [0.1, 0.15) is 5.82 Å². The van der Waals surface area contributed by atoms with Crippen LogP contribution in [-0.2, 0) is 11.2 Å². The summed E-state index contributed by atoms with van der Waals surface area (Å²) < 4.78 is 35.3. The molecule has 3 aromatic carbocycles. The molecule has 0 atom stereocenters. The molecule has 0 spiro atoms. The lowest BCUT2D eigenvalue weighted by Gasteiger charge is -2.12. The summed E-state index contributed by atoms with van der Waals surface area (Å²) in [6.07, 6.45) is 1.55. The highest BCUT2D eigenvalue weighted by molar-refractivity contribution is 5.90. The fraction of sp³-hybridized carbons (Fsp3) is 0.154. The average molecular weight is 447 g/mol. The van der Waals surface area contributed by atoms with Gasteiger partial charge in [-0.05, 0) is 47.5 Å². The molecule has 0 aliphatic heterocycles. The first-order chi connectivity index (χ1) is 16.0. The molecule has 0 radical (unpaired) electrons. The van der Waals surface area contributed by atoms with E-state index < -0.39 is 11.8 Å². The lowest BCUT2D eigenvalue weighted by atomic mass is 10.0. The number of halogens is 1. The predicted molar refractivity (Wildman–Crippen MR) is 122 cm³/mol. The SMILES string of the molecule is COc1ccc(CC(=O)Oc2ccc(/C=C(/C#N)c3ccccc3F)cc2OC)cc1OC. The van der Waals surface area contributed by atoms with Gasteiger partial charge in [-0.2, -0.15) is 5.26 Å². The molecule has 0 N–H and O–H groups in total. The van der Waals surface area contributed by atoms with Crippen molar-refractivity contribution in [1.29, 1.82) is 5.26 Å². The zero-order valence-corrected chi connectivity index (χ0v) is 18.4. The second-order valence-electron chi connectivity index (χ2n) is 6.90. The Labute approximate surface area is 191 Å². The summed E-state index contributed by atoms with van der Waals surface area (Å²) >= 11 is 0. The van der Waals surface area contributed by atoms with E-state index in [9.17, 15) is 14.4 Å². The minimum atomic E-state index is -0.493. The number of hydrogen-bond acceptors (Lipinski definition) is 6. The Morgan fingerprint density at radius 1 is 0.909 bits per heavy atom. The number of hydrogen-bond donors (Lipinski definition) is 0. The van der Waals surface area contributed by atoms with Gasteiger partial charge < -0.3 is 18.9 Å². The zero-order valence-electron chi connectivity index (χ0n) is 18.4. The molecule has 0 fully saturated rings. The lowest BCUT2D eigenvalue weighted by Crippen LogP contribution is -2.12. The van der Waals surface area contributed by atoms with Gasteiger partial charge >= 0.3 is 5.97 Å². The molecule has 0 heterocycles. The molecule has 0 aliphatic carbocycles. The number of nitriles is 1. The third-order valence-electron chi connectivity index (χ3n) is 4.80. The number of allylic oxidation sites excluding steroid dienone is 1. The average Bonchev–Trinajstić information content (AvgIpc) is 2.83. The van der Waals surface area contributed by atoms with Gasteiger partial charge in [-0.15, -0.1) is 0 Å². The third-order valence-corrected chi connectivity index (χ3v) is 4.80. The molecule has 168 valence electrons. The van der Waals surface area contributed by atoms with Gasteiger partial charge in [0.15, 0.2) is 23.0 Å². The summed E-state index contributed by atoms with van der Waals surface area (Å²) in [4.78, 5) is 12.5. The number of benzene rings is 3. The van der Waals surface area contributed by atoms with Crippen molar-refractivity contribution in [2.24, 2.45) is 0 Å². The first kappa shape index (κ1) is 23.4. The first-order valence-corrected chi connectivity index (χ1v) is 9.95. The molecule has 0 saturated carbocycles. The van der Waals surface area contributed by atoms with Crippen molar-refractivity contribution >= 4 is 17.6 Å². The van der Waals surface area contributed by atoms with E-state index in [-0.39, 0.29) is 23.3 Å². The minimum absolute atomic E-state index is 0.0109. The molecule has 33 heavy (non-hydrogen) atoms. The summed E-state index contributed by atoms with van der Waals surface area (Å²) in [5.41, 5.74) is 1.64. The van der Waals surface area contributed by atoms with Crippen LogP contribution in [0.5, 0.6) is 23.0 Å². The second-order valence-corrected chi connectivity index (χ2v) is 6.90. The highest BCUT2D eigenvalue weighted by Crippen LogP contribution is 2.31. The Balaban J connectivity index is 1.79. The van der Waals surface area contributed by atoms with Crippen molar-refractivity contribution in [3.8, 4) is 29.1 Å². The van der Waals surface area contributed by atoms with Crippen molar-refractivity contribution in [2.45, 2.75) is 6.42 Å². The minimum Gasteiger partial charge on any atom is -0.493 e. The monoisotopic (exact) mass is 447 g/mol. The number of ether oxygens (including phenoxy) is 4. The quantitative estimate of drug-likeness (QED) is 0.208. The molecule has 0 aliphatic rings. The fourth-order valence-corrected chi connectivity index (χ4v) is 3.19. The number of carbonyl (C=O) groups is 1. The number of nitrogens with zero attached hydrogens (tertiary/aromatic N) is 1. The lowest BCUT2D eigenvalue weighted by molar-refractivity contribution is -0.133. The van der Waals surface area contributed by atoms with Crippen LogP contribution in [0.25, 0.3) is 11.6 Å².